The van der Waals surface area contributed by atoms with Gasteiger partial charge >= 0.3 is 6.09 Å². The Hall–Kier alpha value is -2.21. The van der Waals surface area contributed by atoms with Crippen molar-refractivity contribution in [3.05, 3.63) is 42.5 Å². The predicted octanol–water partition coefficient (Wildman–Crippen LogP) is 4.09. The van der Waals surface area contributed by atoms with E-state index in [1.807, 2.05) is 32.9 Å². The number of primary amides is 1. The van der Waals surface area contributed by atoms with Crippen LogP contribution in [-0.2, 0) is 9.53 Å². The molecule has 2 aromatic rings. The number of hydrogen-bond acceptors (Lipinski definition) is 4. The zero-order valence-electron chi connectivity index (χ0n) is 15.5. The van der Waals surface area contributed by atoms with Crippen LogP contribution in [0.25, 0.3) is 10.8 Å². The maximum atomic E-state index is 12.0. The van der Waals surface area contributed by atoms with E-state index in [0.29, 0.717) is 12.2 Å². The number of fused-ring (bicyclic) bond motifs is 1. The van der Waals surface area contributed by atoms with Gasteiger partial charge in [-0.2, -0.15) is 0 Å². The number of carbonyl (C=O) groups excluding carboxylic acids is 2. The molecule has 0 saturated heterocycles. The lowest BCUT2D eigenvalue weighted by atomic mass is 10.1. The van der Waals surface area contributed by atoms with Gasteiger partial charge in [-0.1, -0.05) is 30.3 Å². The molecular weight excluding hydrogens is 348 g/mol. The minimum absolute atomic E-state index is 0.200. The highest BCUT2D eigenvalue weighted by molar-refractivity contribution is 7.99. The third-order valence-corrected chi connectivity index (χ3v) is 4.79. The molecule has 0 aromatic heterocycles. The summed E-state index contributed by atoms with van der Waals surface area (Å²) in [7, 11) is 0. The Morgan fingerprint density at radius 3 is 2.50 bits per heavy atom. The summed E-state index contributed by atoms with van der Waals surface area (Å²) >= 11 is 1.63. The topological polar surface area (TPSA) is 81.4 Å². The fourth-order valence-electron chi connectivity index (χ4n) is 2.44. The Balaban J connectivity index is 1.99. The van der Waals surface area contributed by atoms with Gasteiger partial charge in [0.05, 0.1) is 0 Å². The van der Waals surface area contributed by atoms with Crippen molar-refractivity contribution in [3.63, 3.8) is 0 Å². The minimum Gasteiger partial charge on any atom is -0.444 e. The van der Waals surface area contributed by atoms with Crippen molar-refractivity contribution in [1.82, 2.24) is 5.32 Å². The number of nitrogens with one attached hydrogen (secondary N) is 1. The van der Waals surface area contributed by atoms with Gasteiger partial charge in [0.15, 0.2) is 0 Å². The van der Waals surface area contributed by atoms with E-state index in [0.717, 1.165) is 4.90 Å². The van der Waals surface area contributed by atoms with Crippen LogP contribution in [-0.4, -0.2) is 29.4 Å². The summed E-state index contributed by atoms with van der Waals surface area (Å²) in [5.74, 6) is 0.252. The van der Waals surface area contributed by atoms with Gasteiger partial charge in [-0.05, 0) is 50.1 Å². The number of thioether (sulfide) groups is 1. The fourth-order valence-corrected chi connectivity index (χ4v) is 3.46. The van der Waals surface area contributed by atoms with Gasteiger partial charge in [0.2, 0.25) is 5.91 Å². The molecule has 0 aliphatic rings. The van der Waals surface area contributed by atoms with Crippen LogP contribution >= 0.6 is 11.8 Å². The van der Waals surface area contributed by atoms with Crippen molar-refractivity contribution in [2.45, 2.75) is 50.2 Å². The van der Waals surface area contributed by atoms with Crippen molar-refractivity contribution >= 4 is 34.5 Å². The molecule has 2 rings (SSSR count). The third-order valence-electron chi connectivity index (χ3n) is 3.63. The normalized spacial score (nSPS) is 12.6. The molecule has 0 bridgehead atoms. The first kappa shape index (κ1) is 20.1. The fraction of sp³-hybridized carbons (Fsp3) is 0.400. The Labute approximate surface area is 158 Å². The van der Waals surface area contributed by atoms with Crippen LogP contribution in [0.5, 0.6) is 0 Å². The van der Waals surface area contributed by atoms with Gasteiger partial charge in [0.25, 0.3) is 0 Å². The Kier molecular flexibility index (Phi) is 6.91. The number of benzene rings is 2. The molecule has 0 aliphatic heterocycles. The molecule has 0 spiro atoms. The first-order valence-corrected chi connectivity index (χ1v) is 9.61. The number of carbonyl (C=O) groups is 2. The number of alkyl carbamates (subject to hydrolysis) is 1. The van der Waals surface area contributed by atoms with Crippen molar-refractivity contribution < 1.29 is 14.3 Å². The monoisotopic (exact) mass is 374 g/mol. The van der Waals surface area contributed by atoms with Gasteiger partial charge in [-0.25, -0.2) is 4.79 Å². The second-order valence-corrected chi connectivity index (χ2v) is 8.26. The molecule has 0 heterocycles. The maximum absolute atomic E-state index is 12.0. The van der Waals surface area contributed by atoms with Crippen LogP contribution in [0.2, 0.25) is 0 Å². The number of ether oxygens (including phenoxy) is 1. The standard InChI is InChI=1S/C20H26N2O3S/c1-20(2,3)25-19(24)22-16(9-11-18(21)23)13-26-17-10-8-14-6-4-5-7-15(14)12-17/h4-8,10,12,16H,9,11,13H2,1-3H3,(H2,21,23)(H,22,24). The Morgan fingerprint density at radius 2 is 1.85 bits per heavy atom. The number of amides is 2. The highest BCUT2D eigenvalue weighted by Gasteiger charge is 2.20. The van der Waals surface area contributed by atoms with Crippen LogP contribution in [0.1, 0.15) is 33.6 Å². The molecule has 5 nitrogen and oxygen atoms in total. The van der Waals surface area contributed by atoms with Crippen LogP contribution in [0.15, 0.2) is 47.4 Å². The highest BCUT2D eigenvalue weighted by Crippen LogP contribution is 2.25. The van der Waals surface area contributed by atoms with E-state index >= 15 is 0 Å². The SMILES string of the molecule is CC(C)(C)OC(=O)NC(CCC(N)=O)CSc1ccc2ccccc2c1. The zero-order valence-corrected chi connectivity index (χ0v) is 16.3. The molecule has 0 saturated carbocycles. The Morgan fingerprint density at radius 1 is 1.15 bits per heavy atom. The number of hydrogen-bond donors (Lipinski definition) is 2. The summed E-state index contributed by atoms with van der Waals surface area (Å²) in [5.41, 5.74) is 4.69. The molecule has 0 radical (unpaired) electrons. The van der Waals surface area contributed by atoms with Gasteiger partial charge in [-0.3, -0.25) is 4.79 Å². The van der Waals surface area contributed by atoms with Gasteiger partial charge in [0.1, 0.15) is 5.60 Å². The first-order valence-electron chi connectivity index (χ1n) is 8.62. The molecule has 3 N–H and O–H groups in total. The average Bonchev–Trinajstić information content (AvgIpc) is 2.55. The number of rotatable bonds is 7. The molecule has 140 valence electrons. The summed E-state index contributed by atoms with van der Waals surface area (Å²) in [6.45, 7) is 5.44. The summed E-state index contributed by atoms with van der Waals surface area (Å²) < 4.78 is 5.31. The maximum Gasteiger partial charge on any atom is 0.407 e. The summed E-state index contributed by atoms with van der Waals surface area (Å²) in [5, 5.41) is 5.21. The third kappa shape index (κ3) is 6.96. The quantitative estimate of drug-likeness (QED) is 0.715. The minimum atomic E-state index is -0.566. The molecule has 2 amide bonds. The van der Waals surface area contributed by atoms with E-state index in [4.69, 9.17) is 10.5 Å². The Bertz CT molecular complexity index is 771. The predicted molar refractivity (Wildman–Crippen MR) is 106 cm³/mol. The number of nitrogens with two attached hydrogens (primary N) is 1. The largest absolute Gasteiger partial charge is 0.444 e. The van der Waals surface area contributed by atoms with Crippen LogP contribution in [0.4, 0.5) is 4.79 Å². The van der Waals surface area contributed by atoms with Gasteiger partial charge < -0.3 is 15.8 Å². The lowest BCUT2D eigenvalue weighted by Gasteiger charge is -2.23. The van der Waals surface area contributed by atoms with Crippen LogP contribution in [0, 0.1) is 0 Å². The lowest BCUT2D eigenvalue weighted by molar-refractivity contribution is -0.118. The van der Waals surface area contributed by atoms with E-state index in [-0.39, 0.29) is 18.4 Å². The molecule has 0 aliphatic carbocycles. The first-order chi connectivity index (χ1) is 12.2. The van der Waals surface area contributed by atoms with Crippen molar-refractivity contribution in [2.75, 3.05) is 5.75 Å². The summed E-state index contributed by atoms with van der Waals surface area (Å²) in [4.78, 5) is 24.3. The van der Waals surface area contributed by atoms with E-state index < -0.39 is 11.7 Å². The van der Waals surface area contributed by atoms with E-state index in [1.165, 1.54) is 10.8 Å². The van der Waals surface area contributed by atoms with Crippen molar-refractivity contribution in [3.8, 4) is 0 Å². The molecule has 0 fully saturated rings. The van der Waals surface area contributed by atoms with Crippen molar-refractivity contribution in [1.29, 1.82) is 0 Å². The van der Waals surface area contributed by atoms with Gasteiger partial charge in [-0.15, -0.1) is 11.8 Å². The average molecular weight is 375 g/mol. The van der Waals surface area contributed by atoms with Crippen LogP contribution in [0.3, 0.4) is 0 Å². The molecule has 1 atom stereocenters. The zero-order chi connectivity index (χ0) is 19.2. The highest BCUT2D eigenvalue weighted by atomic mass is 32.2. The smallest absolute Gasteiger partial charge is 0.407 e. The van der Waals surface area contributed by atoms with E-state index in [1.54, 1.807) is 11.8 Å². The van der Waals surface area contributed by atoms with Gasteiger partial charge in [0, 0.05) is 23.1 Å². The molecule has 6 heteroatoms. The molecule has 2 aromatic carbocycles. The van der Waals surface area contributed by atoms with E-state index in [9.17, 15) is 9.59 Å². The summed E-state index contributed by atoms with van der Waals surface area (Å²) in [6, 6.07) is 14.2. The molecule has 26 heavy (non-hydrogen) atoms. The molecule has 1 unspecified atom stereocenters. The van der Waals surface area contributed by atoms with Crippen molar-refractivity contribution in [2.24, 2.45) is 5.73 Å². The summed E-state index contributed by atoms with van der Waals surface area (Å²) in [6.07, 6.45) is 0.222. The second kappa shape index (κ2) is 8.94. The second-order valence-electron chi connectivity index (χ2n) is 7.17. The molecular formula is C20H26N2O3S. The van der Waals surface area contributed by atoms with E-state index in [2.05, 4.69) is 35.6 Å². The van der Waals surface area contributed by atoms with Crippen LogP contribution < -0.4 is 11.1 Å². The lowest BCUT2D eigenvalue weighted by Crippen LogP contribution is -2.40.